The Kier molecular flexibility index (Phi) is 6.23. The molecule has 1 aromatic carbocycles. The van der Waals surface area contributed by atoms with Crippen molar-refractivity contribution in [1.29, 1.82) is 0 Å². The van der Waals surface area contributed by atoms with Crippen LogP contribution in [0.5, 0.6) is 5.75 Å². The molecule has 0 spiro atoms. The van der Waals surface area contributed by atoms with Gasteiger partial charge in [0, 0.05) is 18.4 Å². The summed E-state index contributed by atoms with van der Waals surface area (Å²) in [5.41, 5.74) is 2.04. The lowest BCUT2D eigenvalue weighted by Crippen LogP contribution is -2.41. The van der Waals surface area contributed by atoms with E-state index in [0.717, 1.165) is 16.9 Å². The van der Waals surface area contributed by atoms with E-state index in [0.29, 0.717) is 12.6 Å². The first-order valence-electron chi connectivity index (χ1n) is 9.21. The minimum Gasteiger partial charge on any atom is -0.497 e. The largest absolute Gasteiger partial charge is 0.497 e. The lowest BCUT2D eigenvalue weighted by Gasteiger charge is -2.25. The zero-order valence-corrected chi connectivity index (χ0v) is 15.5. The first-order chi connectivity index (χ1) is 12.7. The van der Waals surface area contributed by atoms with E-state index < -0.39 is 0 Å². The zero-order chi connectivity index (χ0) is 18.4. The molecule has 0 saturated heterocycles. The van der Waals surface area contributed by atoms with E-state index in [1.807, 2.05) is 43.4 Å². The van der Waals surface area contributed by atoms with Crippen LogP contribution in [0.3, 0.4) is 0 Å². The van der Waals surface area contributed by atoms with Gasteiger partial charge in [0.25, 0.3) is 0 Å². The molecule has 5 heteroatoms. The van der Waals surface area contributed by atoms with E-state index in [-0.39, 0.29) is 11.9 Å². The molecule has 1 aromatic heterocycles. The second kappa shape index (κ2) is 8.81. The molecule has 1 fully saturated rings. The van der Waals surface area contributed by atoms with Crippen molar-refractivity contribution in [2.45, 2.75) is 37.8 Å². The second-order valence-electron chi connectivity index (χ2n) is 6.91. The molecule has 0 bridgehead atoms. The molecular weight excluding hydrogens is 326 g/mol. The van der Waals surface area contributed by atoms with Gasteiger partial charge in [0.05, 0.1) is 19.7 Å². The van der Waals surface area contributed by atoms with Crippen molar-refractivity contribution in [1.82, 2.24) is 15.2 Å². The van der Waals surface area contributed by atoms with Gasteiger partial charge in [-0.15, -0.1) is 0 Å². The maximum Gasteiger partial charge on any atom is 0.234 e. The number of aromatic nitrogens is 1. The summed E-state index contributed by atoms with van der Waals surface area (Å²) in [6.07, 6.45) is 8.42. The highest BCUT2D eigenvalue weighted by Gasteiger charge is 2.23. The van der Waals surface area contributed by atoms with Crippen molar-refractivity contribution >= 4 is 5.91 Å². The molecule has 26 heavy (non-hydrogen) atoms. The van der Waals surface area contributed by atoms with Crippen LogP contribution in [-0.4, -0.2) is 42.5 Å². The lowest BCUT2D eigenvalue weighted by molar-refractivity contribution is -0.122. The van der Waals surface area contributed by atoms with E-state index in [1.54, 1.807) is 19.5 Å². The Morgan fingerprint density at radius 2 is 1.77 bits per heavy atom. The third kappa shape index (κ3) is 4.61. The normalized spacial score (nSPS) is 15.8. The van der Waals surface area contributed by atoms with E-state index in [4.69, 9.17) is 4.74 Å². The minimum absolute atomic E-state index is 0.0389. The highest BCUT2D eigenvalue weighted by molar-refractivity contribution is 5.79. The molecule has 5 nitrogen and oxygen atoms in total. The molecule has 1 heterocycles. The number of carbonyl (C=O) groups excluding carboxylic acids is 1. The van der Waals surface area contributed by atoms with Crippen LogP contribution in [0.4, 0.5) is 0 Å². The van der Waals surface area contributed by atoms with Gasteiger partial charge >= 0.3 is 0 Å². The zero-order valence-electron chi connectivity index (χ0n) is 15.5. The van der Waals surface area contributed by atoms with Crippen LogP contribution in [0, 0.1) is 0 Å². The van der Waals surface area contributed by atoms with Gasteiger partial charge in [0.15, 0.2) is 0 Å². The fourth-order valence-electron chi connectivity index (χ4n) is 3.62. The van der Waals surface area contributed by atoms with Gasteiger partial charge in [-0.25, -0.2) is 0 Å². The third-order valence-electron chi connectivity index (χ3n) is 5.13. The van der Waals surface area contributed by atoms with Gasteiger partial charge < -0.3 is 10.1 Å². The summed E-state index contributed by atoms with van der Waals surface area (Å²) in [6, 6.07) is 12.0. The van der Waals surface area contributed by atoms with Crippen molar-refractivity contribution in [3.63, 3.8) is 0 Å². The summed E-state index contributed by atoms with van der Waals surface area (Å²) in [5.74, 6) is 0.839. The lowest BCUT2D eigenvalue weighted by atomic mass is 9.99. The van der Waals surface area contributed by atoms with Gasteiger partial charge in [-0.3, -0.25) is 14.7 Å². The van der Waals surface area contributed by atoms with Crippen molar-refractivity contribution in [2.75, 3.05) is 20.7 Å². The standard InChI is InChI=1S/C21H27N3O2/c1-24(18-5-3-4-6-18)15-20(25)23-21(17-11-13-22-14-12-17)16-7-9-19(26-2)10-8-16/h7-14,18,21H,3-6,15H2,1-2H3,(H,23,25)/t21-/m1/s1. The molecule has 1 aliphatic rings. The maximum atomic E-state index is 12.7. The number of carbonyl (C=O) groups is 1. The number of hydrogen-bond acceptors (Lipinski definition) is 4. The minimum atomic E-state index is -0.201. The number of methoxy groups -OCH3 is 1. The number of amides is 1. The van der Waals surface area contributed by atoms with Crippen molar-refractivity contribution in [3.8, 4) is 5.75 Å². The topological polar surface area (TPSA) is 54.5 Å². The monoisotopic (exact) mass is 353 g/mol. The van der Waals surface area contributed by atoms with Crippen LogP contribution in [-0.2, 0) is 4.79 Å². The summed E-state index contributed by atoms with van der Waals surface area (Å²) in [7, 11) is 3.69. The molecule has 1 atom stereocenters. The van der Waals surface area contributed by atoms with E-state index in [9.17, 15) is 4.79 Å². The maximum absolute atomic E-state index is 12.7. The molecular formula is C21H27N3O2. The highest BCUT2D eigenvalue weighted by atomic mass is 16.5. The highest BCUT2D eigenvalue weighted by Crippen LogP contribution is 2.25. The van der Waals surface area contributed by atoms with E-state index >= 15 is 0 Å². The third-order valence-corrected chi connectivity index (χ3v) is 5.13. The predicted molar refractivity (Wildman–Crippen MR) is 102 cm³/mol. The second-order valence-corrected chi connectivity index (χ2v) is 6.91. The summed E-state index contributed by atoms with van der Waals surface area (Å²) >= 11 is 0. The summed E-state index contributed by atoms with van der Waals surface area (Å²) in [6.45, 7) is 0.419. The summed E-state index contributed by atoms with van der Waals surface area (Å²) < 4.78 is 5.24. The Labute approximate surface area is 155 Å². The number of nitrogens with one attached hydrogen (secondary N) is 1. The number of pyridine rings is 1. The number of rotatable bonds is 7. The molecule has 0 radical (unpaired) electrons. The van der Waals surface area contributed by atoms with E-state index in [1.165, 1.54) is 25.7 Å². The van der Waals surface area contributed by atoms with Gasteiger partial charge in [0.2, 0.25) is 5.91 Å². The average molecular weight is 353 g/mol. The Morgan fingerprint density at radius 3 is 2.38 bits per heavy atom. The Bertz CT molecular complexity index is 697. The SMILES string of the molecule is COc1ccc([C@@H](NC(=O)CN(C)C2CCCC2)c2ccncc2)cc1. The van der Waals surface area contributed by atoms with Crippen LogP contribution in [0.15, 0.2) is 48.8 Å². The summed E-state index contributed by atoms with van der Waals surface area (Å²) in [5, 5.41) is 3.19. The molecule has 1 N–H and O–H groups in total. The van der Waals surface area contributed by atoms with Crippen LogP contribution in [0.25, 0.3) is 0 Å². The first-order valence-corrected chi connectivity index (χ1v) is 9.21. The Balaban J connectivity index is 1.73. The number of hydrogen-bond donors (Lipinski definition) is 1. The van der Waals surface area contributed by atoms with Crippen molar-refractivity contribution in [3.05, 3.63) is 59.9 Å². The number of ether oxygens (including phenoxy) is 1. The Morgan fingerprint density at radius 1 is 1.15 bits per heavy atom. The molecule has 2 aromatic rings. The van der Waals surface area contributed by atoms with Crippen LogP contribution >= 0.6 is 0 Å². The van der Waals surface area contributed by atoms with Gasteiger partial charge in [0.1, 0.15) is 5.75 Å². The van der Waals surface area contributed by atoms with Crippen LogP contribution < -0.4 is 10.1 Å². The molecule has 138 valence electrons. The molecule has 0 unspecified atom stereocenters. The smallest absolute Gasteiger partial charge is 0.234 e. The van der Waals surface area contributed by atoms with Gasteiger partial charge in [-0.1, -0.05) is 25.0 Å². The Hall–Kier alpha value is -2.40. The average Bonchev–Trinajstić information content (AvgIpc) is 3.22. The van der Waals surface area contributed by atoms with Crippen molar-refractivity contribution < 1.29 is 9.53 Å². The van der Waals surface area contributed by atoms with Crippen molar-refractivity contribution in [2.24, 2.45) is 0 Å². The molecule has 1 saturated carbocycles. The van der Waals surface area contributed by atoms with E-state index in [2.05, 4.69) is 15.2 Å². The molecule has 1 aliphatic carbocycles. The molecule has 3 rings (SSSR count). The predicted octanol–water partition coefficient (Wildman–Crippen LogP) is 3.17. The van der Waals surface area contributed by atoms with Gasteiger partial charge in [-0.2, -0.15) is 0 Å². The quantitative estimate of drug-likeness (QED) is 0.831. The fourth-order valence-corrected chi connectivity index (χ4v) is 3.62. The number of nitrogens with zero attached hydrogens (tertiary/aromatic N) is 2. The fraction of sp³-hybridized carbons (Fsp3) is 0.429. The van der Waals surface area contributed by atoms with Crippen LogP contribution in [0.1, 0.15) is 42.9 Å². The summed E-state index contributed by atoms with van der Waals surface area (Å²) in [4.78, 5) is 19.0. The van der Waals surface area contributed by atoms with Crippen LogP contribution in [0.2, 0.25) is 0 Å². The number of benzene rings is 1. The first kappa shape index (κ1) is 18.4. The van der Waals surface area contributed by atoms with Gasteiger partial charge in [-0.05, 0) is 55.3 Å². The number of likely N-dealkylation sites (N-methyl/N-ethyl adjacent to an activating group) is 1. The molecule has 1 amide bonds. The molecule has 0 aliphatic heterocycles.